The Morgan fingerprint density at radius 2 is 2.12 bits per heavy atom. The molecular formula is C17H14FN3O2S. The van der Waals surface area contributed by atoms with Crippen LogP contribution >= 0.6 is 11.3 Å². The van der Waals surface area contributed by atoms with Gasteiger partial charge in [0, 0.05) is 22.9 Å². The minimum Gasteiger partial charge on any atom is -0.355 e. The van der Waals surface area contributed by atoms with E-state index in [9.17, 15) is 9.18 Å². The number of halogens is 1. The summed E-state index contributed by atoms with van der Waals surface area (Å²) in [5.41, 5.74) is 1.71. The molecule has 0 bridgehead atoms. The topological polar surface area (TPSA) is 68.0 Å². The fourth-order valence-corrected chi connectivity index (χ4v) is 3.31. The maximum atomic E-state index is 12.9. The van der Waals surface area contributed by atoms with Gasteiger partial charge in [-0.15, -0.1) is 11.3 Å². The molecule has 0 radical (unpaired) electrons. The van der Waals surface area contributed by atoms with Crippen LogP contribution in [0.2, 0.25) is 0 Å². The number of hydrogen-bond acceptors (Lipinski definition) is 5. The number of carbonyl (C=O) groups excluding carboxylic acids is 1. The standard InChI is InChI=1S/C17H14FN3O2S/c18-12-5-3-10(4-6-12)15-7-14(21-23-15)16(22)19-8-13-9-24-17(20-13)11-1-2-11/h3-7,9,11H,1-2,8H2,(H,19,22). The molecule has 1 aliphatic carbocycles. The Hall–Kier alpha value is -2.54. The van der Waals surface area contributed by atoms with E-state index in [1.807, 2.05) is 5.38 Å². The van der Waals surface area contributed by atoms with Gasteiger partial charge in [-0.2, -0.15) is 0 Å². The SMILES string of the molecule is O=C(NCc1csc(C2CC2)n1)c1cc(-c2ccc(F)cc2)on1. The zero-order valence-corrected chi connectivity index (χ0v) is 13.5. The van der Waals surface area contributed by atoms with Crippen molar-refractivity contribution in [2.24, 2.45) is 0 Å². The molecule has 0 saturated heterocycles. The molecule has 2 aromatic heterocycles. The molecule has 7 heteroatoms. The Labute approximate surface area is 141 Å². The van der Waals surface area contributed by atoms with Crippen LogP contribution in [-0.4, -0.2) is 16.0 Å². The highest BCUT2D eigenvalue weighted by atomic mass is 32.1. The molecule has 1 aromatic carbocycles. The molecule has 1 amide bonds. The number of nitrogens with one attached hydrogen (secondary N) is 1. The van der Waals surface area contributed by atoms with Crippen LogP contribution in [0.1, 0.15) is 39.9 Å². The van der Waals surface area contributed by atoms with Gasteiger partial charge in [0.25, 0.3) is 5.91 Å². The fourth-order valence-electron chi connectivity index (χ4n) is 2.32. The quantitative estimate of drug-likeness (QED) is 0.766. The van der Waals surface area contributed by atoms with Gasteiger partial charge in [-0.05, 0) is 37.1 Å². The van der Waals surface area contributed by atoms with E-state index in [0.717, 1.165) is 10.7 Å². The molecule has 0 unspecified atom stereocenters. The van der Waals surface area contributed by atoms with Crippen LogP contribution in [-0.2, 0) is 6.54 Å². The van der Waals surface area contributed by atoms with E-state index in [2.05, 4.69) is 15.5 Å². The lowest BCUT2D eigenvalue weighted by Crippen LogP contribution is -2.23. The summed E-state index contributed by atoms with van der Waals surface area (Å²) in [6.07, 6.45) is 2.43. The van der Waals surface area contributed by atoms with Crippen molar-refractivity contribution >= 4 is 17.2 Å². The lowest BCUT2D eigenvalue weighted by molar-refractivity contribution is 0.0941. The average molecular weight is 343 g/mol. The molecule has 3 aromatic rings. The first-order valence-electron chi connectivity index (χ1n) is 7.64. The predicted octanol–water partition coefficient (Wildman–Crippen LogP) is 3.74. The highest BCUT2D eigenvalue weighted by molar-refractivity contribution is 7.09. The molecule has 1 aliphatic rings. The predicted molar refractivity (Wildman–Crippen MR) is 87.2 cm³/mol. The third kappa shape index (κ3) is 3.21. The minimum absolute atomic E-state index is 0.187. The lowest BCUT2D eigenvalue weighted by atomic mass is 10.1. The van der Waals surface area contributed by atoms with Crippen molar-refractivity contribution in [1.82, 2.24) is 15.5 Å². The summed E-state index contributed by atoms with van der Waals surface area (Å²) in [6.45, 7) is 0.362. The van der Waals surface area contributed by atoms with Gasteiger partial charge in [0.15, 0.2) is 11.5 Å². The van der Waals surface area contributed by atoms with Crippen LogP contribution in [0.5, 0.6) is 0 Å². The van der Waals surface area contributed by atoms with Crippen molar-refractivity contribution in [3.8, 4) is 11.3 Å². The van der Waals surface area contributed by atoms with Crippen molar-refractivity contribution < 1.29 is 13.7 Å². The zero-order valence-electron chi connectivity index (χ0n) is 12.7. The van der Waals surface area contributed by atoms with Crippen LogP contribution < -0.4 is 5.32 Å². The summed E-state index contributed by atoms with van der Waals surface area (Å²) in [4.78, 5) is 16.7. The second kappa shape index (κ2) is 6.16. The van der Waals surface area contributed by atoms with E-state index in [1.165, 1.54) is 25.0 Å². The van der Waals surface area contributed by atoms with Gasteiger partial charge in [-0.1, -0.05) is 5.16 Å². The highest BCUT2D eigenvalue weighted by Crippen LogP contribution is 2.41. The summed E-state index contributed by atoms with van der Waals surface area (Å²) in [6, 6.07) is 7.35. The Morgan fingerprint density at radius 1 is 1.33 bits per heavy atom. The van der Waals surface area contributed by atoms with Crippen LogP contribution in [0, 0.1) is 5.82 Å². The van der Waals surface area contributed by atoms with Crippen LogP contribution in [0.3, 0.4) is 0 Å². The number of hydrogen-bond donors (Lipinski definition) is 1. The lowest BCUT2D eigenvalue weighted by Gasteiger charge is -1.99. The Bertz CT molecular complexity index is 868. The third-order valence-corrected chi connectivity index (χ3v) is 4.85. The normalized spacial score (nSPS) is 13.9. The summed E-state index contributed by atoms with van der Waals surface area (Å²) < 4.78 is 18.1. The Balaban J connectivity index is 1.39. The maximum Gasteiger partial charge on any atom is 0.273 e. The van der Waals surface area contributed by atoms with Crippen molar-refractivity contribution in [1.29, 1.82) is 0 Å². The first-order valence-corrected chi connectivity index (χ1v) is 8.52. The Kier molecular flexibility index (Phi) is 3.86. The first kappa shape index (κ1) is 15.0. The molecule has 122 valence electrons. The van der Waals surface area contributed by atoms with Gasteiger partial charge in [0.1, 0.15) is 5.82 Å². The summed E-state index contributed by atoms with van der Waals surface area (Å²) in [5, 5.41) is 9.68. The van der Waals surface area contributed by atoms with Crippen LogP contribution in [0.25, 0.3) is 11.3 Å². The molecule has 0 atom stereocenters. The van der Waals surface area contributed by atoms with Gasteiger partial charge >= 0.3 is 0 Å². The largest absolute Gasteiger partial charge is 0.355 e. The van der Waals surface area contributed by atoms with E-state index in [-0.39, 0.29) is 17.4 Å². The van der Waals surface area contributed by atoms with Crippen molar-refractivity contribution in [3.05, 3.63) is 57.9 Å². The minimum atomic E-state index is -0.329. The van der Waals surface area contributed by atoms with E-state index < -0.39 is 0 Å². The van der Waals surface area contributed by atoms with Crippen molar-refractivity contribution in [3.63, 3.8) is 0 Å². The van der Waals surface area contributed by atoms with Gasteiger partial charge in [0.2, 0.25) is 0 Å². The second-order valence-electron chi connectivity index (χ2n) is 5.72. The summed E-state index contributed by atoms with van der Waals surface area (Å²) >= 11 is 1.64. The number of rotatable bonds is 5. The number of thiazole rings is 1. The van der Waals surface area contributed by atoms with E-state index in [0.29, 0.717) is 23.8 Å². The second-order valence-corrected chi connectivity index (χ2v) is 6.61. The Morgan fingerprint density at radius 3 is 2.88 bits per heavy atom. The molecule has 0 spiro atoms. The number of aromatic nitrogens is 2. The molecule has 1 N–H and O–H groups in total. The summed E-state index contributed by atoms with van der Waals surface area (Å²) in [7, 11) is 0. The average Bonchev–Trinajstić information content (AvgIpc) is 3.13. The van der Waals surface area contributed by atoms with E-state index in [4.69, 9.17) is 4.52 Å². The molecule has 1 saturated carbocycles. The molecule has 5 nitrogen and oxygen atoms in total. The van der Waals surface area contributed by atoms with Crippen LogP contribution in [0.15, 0.2) is 40.2 Å². The fraction of sp³-hybridized carbons (Fsp3) is 0.235. The number of amides is 1. The van der Waals surface area contributed by atoms with E-state index in [1.54, 1.807) is 29.5 Å². The highest BCUT2D eigenvalue weighted by Gasteiger charge is 2.26. The monoisotopic (exact) mass is 343 g/mol. The van der Waals surface area contributed by atoms with Crippen molar-refractivity contribution in [2.75, 3.05) is 0 Å². The molecule has 24 heavy (non-hydrogen) atoms. The smallest absolute Gasteiger partial charge is 0.273 e. The van der Waals surface area contributed by atoms with Crippen molar-refractivity contribution in [2.45, 2.75) is 25.3 Å². The van der Waals surface area contributed by atoms with E-state index >= 15 is 0 Å². The molecule has 0 aliphatic heterocycles. The maximum absolute atomic E-state index is 12.9. The number of benzene rings is 1. The summed E-state index contributed by atoms with van der Waals surface area (Å²) in [5.74, 6) is 0.385. The van der Waals surface area contributed by atoms with Gasteiger partial charge in [-0.3, -0.25) is 4.79 Å². The molecule has 2 heterocycles. The number of carbonyl (C=O) groups is 1. The van der Waals surface area contributed by atoms with Gasteiger partial charge in [-0.25, -0.2) is 9.37 Å². The third-order valence-electron chi connectivity index (χ3n) is 3.80. The molecule has 4 rings (SSSR count). The molecule has 1 fully saturated rings. The zero-order chi connectivity index (χ0) is 16.5. The first-order chi connectivity index (χ1) is 11.7. The number of nitrogens with zero attached hydrogens (tertiary/aromatic N) is 2. The van der Waals surface area contributed by atoms with Crippen LogP contribution in [0.4, 0.5) is 4.39 Å². The van der Waals surface area contributed by atoms with Gasteiger partial charge in [0.05, 0.1) is 17.2 Å². The van der Waals surface area contributed by atoms with Gasteiger partial charge < -0.3 is 9.84 Å². The molecular weight excluding hydrogens is 329 g/mol.